The van der Waals surface area contributed by atoms with E-state index in [1.54, 1.807) is 7.11 Å². The van der Waals surface area contributed by atoms with Crippen molar-refractivity contribution in [3.8, 4) is 5.75 Å². The molecule has 1 N–H and O–H groups in total. The molecule has 0 saturated heterocycles. The Morgan fingerprint density at radius 1 is 1.18 bits per heavy atom. The number of benzene rings is 2. The van der Waals surface area contributed by atoms with Gasteiger partial charge in [-0.15, -0.1) is 0 Å². The van der Waals surface area contributed by atoms with Gasteiger partial charge in [-0.05, 0) is 78.5 Å². The Kier molecular flexibility index (Phi) is 6.02. The lowest BCUT2D eigenvalue weighted by Crippen LogP contribution is -2.13. The standard InChI is InChI=1S/C17H18INO2S/c1-11-4-7-16(12(2)8-11)21-10-13-9-14(18)5-6-15(13)19-17(22)20-3/h4-9H,10H2,1-3H3,(H,19,22). The zero-order valence-electron chi connectivity index (χ0n) is 12.8. The molecule has 0 fully saturated rings. The van der Waals surface area contributed by atoms with E-state index >= 15 is 0 Å². The van der Waals surface area contributed by atoms with Crippen molar-refractivity contribution in [2.24, 2.45) is 0 Å². The molecule has 0 aliphatic heterocycles. The lowest BCUT2D eigenvalue weighted by atomic mass is 10.1. The molecule has 0 aromatic heterocycles. The van der Waals surface area contributed by atoms with Gasteiger partial charge in [0.25, 0.3) is 5.17 Å². The first-order valence-corrected chi connectivity index (χ1v) is 8.31. The van der Waals surface area contributed by atoms with E-state index < -0.39 is 0 Å². The van der Waals surface area contributed by atoms with Crippen LogP contribution in [0, 0.1) is 17.4 Å². The van der Waals surface area contributed by atoms with Crippen molar-refractivity contribution in [3.05, 3.63) is 56.7 Å². The third kappa shape index (κ3) is 4.58. The Bertz CT molecular complexity index is 688. The number of hydrogen-bond acceptors (Lipinski definition) is 3. The maximum atomic E-state index is 5.96. The molecule has 2 aromatic carbocycles. The van der Waals surface area contributed by atoms with Gasteiger partial charge in [-0.1, -0.05) is 17.7 Å². The van der Waals surface area contributed by atoms with Crippen molar-refractivity contribution < 1.29 is 9.47 Å². The molecule has 3 nitrogen and oxygen atoms in total. The van der Waals surface area contributed by atoms with Crippen LogP contribution in [0.1, 0.15) is 16.7 Å². The fourth-order valence-corrected chi connectivity index (χ4v) is 2.75. The molecule has 0 aliphatic carbocycles. The minimum absolute atomic E-state index is 0.342. The van der Waals surface area contributed by atoms with Crippen LogP contribution in [-0.2, 0) is 11.3 Å². The van der Waals surface area contributed by atoms with E-state index in [9.17, 15) is 0 Å². The number of anilines is 1. The number of hydrogen-bond donors (Lipinski definition) is 1. The molecule has 116 valence electrons. The highest BCUT2D eigenvalue weighted by Gasteiger charge is 2.08. The normalized spacial score (nSPS) is 10.2. The Hall–Kier alpha value is -1.34. The summed E-state index contributed by atoms with van der Waals surface area (Å²) in [6.07, 6.45) is 0. The van der Waals surface area contributed by atoms with E-state index in [-0.39, 0.29) is 0 Å². The average molecular weight is 427 g/mol. The Labute approximate surface area is 150 Å². The van der Waals surface area contributed by atoms with E-state index in [4.69, 9.17) is 21.7 Å². The summed E-state index contributed by atoms with van der Waals surface area (Å²) in [6.45, 7) is 4.59. The minimum Gasteiger partial charge on any atom is -0.489 e. The van der Waals surface area contributed by atoms with Gasteiger partial charge in [0.2, 0.25) is 0 Å². The van der Waals surface area contributed by atoms with Crippen molar-refractivity contribution in [3.63, 3.8) is 0 Å². The van der Waals surface area contributed by atoms with Gasteiger partial charge in [0, 0.05) is 14.8 Å². The number of nitrogens with one attached hydrogen (secondary N) is 1. The van der Waals surface area contributed by atoms with E-state index in [0.29, 0.717) is 11.8 Å². The predicted octanol–water partition coefficient (Wildman–Crippen LogP) is 4.83. The SMILES string of the molecule is COC(=S)Nc1ccc(I)cc1COc1ccc(C)cc1C. The largest absolute Gasteiger partial charge is 0.489 e. The maximum absolute atomic E-state index is 5.96. The molecule has 0 aliphatic rings. The number of methoxy groups -OCH3 is 1. The van der Waals surface area contributed by atoms with Crippen molar-refractivity contribution in [2.75, 3.05) is 12.4 Å². The fraction of sp³-hybridized carbons (Fsp3) is 0.235. The summed E-state index contributed by atoms with van der Waals surface area (Å²) < 4.78 is 12.1. The number of thiocarbonyl (C=S) groups is 1. The molecule has 0 amide bonds. The van der Waals surface area contributed by atoms with Gasteiger partial charge in [0.1, 0.15) is 12.4 Å². The molecule has 0 heterocycles. The van der Waals surface area contributed by atoms with E-state index in [1.165, 1.54) is 5.56 Å². The number of aryl methyl sites for hydroxylation is 2. The van der Waals surface area contributed by atoms with E-state index in [2.05, 4.69) is 60.0 Å². The molecule has 2 aromatic rings. The lowest BCUT2D eigenvalue weighted by Gasteiger charge is -2.14. The van der Waals surface area contributed by atoms with Crippen molar-refractivity contribution >= 4 is 45.7 Å². The quantitative estimate of drug-likeness (QED) is 0.560. The third-order valence-corrected chi connectivity index (χ3v) is 4.14. The highest BCUT2D eigenvalue weighted by Crippen LogP contribution is 2.24. The molecule has 0 bridgehead atoms. The first-order valence-electron chi connectivity index (χ1n) is 6.83. The zero-order valence-corrected chi connectivity index (χ0v) is 15.7. The Morgan fingerprint density at radius 2 is 1.95 bits per heavy atom. The Balaban J connectivity index is 2.17. The van der Waals surface area contributed by atoms with Gasteiger partial charge < -0.3 is 14.8 Å². The molecule has 5 heteroatoms. The van der Waals surface area contributed by atoms with Crippen molar-refractivity contribution in [2.45, 2.75) is 20.5 Å². The monoisotopic (exact) mass is 427 g/mol. The van der Waals surface area contributed by atoms with Gasteiger partial charge in [0.15, 0.2) is 0 Å². The summed E-state index contributed by atoms with van der Waals surface area (Å²) in [5.41, 5.74) is 4.29. The summed E-state index contributed by atoms with van der Waals surface area (Å²) in [5, 5.41) is 3.41. The van der Waals surface area contributed by atoms with Crippen LogP contribution < -0.4 is 10.1 Å². The highest BCUT2D eigenvalue weighted by atomic mass is 127. The van der Waals surface area contributed by atoms with Gasteiger partial charge in [-0.25, -0.2) is 0 Å². The van der Waals surface area contributed by atoms with Crippen LogP contribution in [0.2, 0.25) is 0 Å². The van der Waals surface area contributed by atoms with Gasteiger partial charge in [-0.2, -0.15) is 0 Å². The van der Waals surface area contributed by atoms with Gasteiger partial charge in [-0.3, -0.25) is 0 Å². The second-order valence-electron chi connectivity index (χ2n) is 4.98. The summed E-state index contributed by atoms with van der Waals surface area (Å²) in [6, 6.07) is 12.2. The van der Waals surface area contributed by atoms with Crippen LogP contribution >= 0.6 is 34.8 Å². The third-order valence-electron chi connectivity index (χ3n) is 3.20. The van der Waals surface area contributed by atoms with Crippen molar-refractivity contribution in [1.82, 2.24) is 0 Å². The molecule has 0 saturated carbocycles. The van der Waals surface area contributed by atoms with Crippen LogP contribution in [0.3, 0.4) is 0 Å². The van der Waals surface area contributed by atoms with Crippen molar-refractivity contribution in [1.29, 1.82) is 0 Å². The second-order valence-corrected chi connectivity index (χ2v) is 6.59. The lowest BCUT2D eigenvalue weighted by molar-refractivity contribution is 0.304. The first kappa shape index (κ1) is 17.0. The number of rotatable bonds is 4. The molecule has 0 radical (unpaired) electrons. The maximum Gasteiger partial charge on any atom is 0.260 e. The highest BCUT2D eigenvalue weighted by molar-refractivity contribution is 14.1. The molecule has 2 rings (SSSR count). The second kappa shape index (κ2) is 7.78. The summed E-state index contributed by atoms with van der Waals surface area (Å²) in [5.74, 6) is 0.893. The molecular weight excluding hydrogens is 409 g/mol. The van der Waals surface area contributed by atoms with Crippen LogP contribution in [-0.4, -0.2) is 12.3 Å². The molecule has 0 spiro atoms. The summed E-state index contributed by atoms with van der Waals surface area (Å²) in [4.78, 5) is 0. The predicted molar refractivity (Wildman–Crippen MR) is 103 cm³/mol. The number of ether oxygens (including phenoxy) is 2. The van der Waals surface area contributed by atoms with Crippen LogP contribution in [0.15, 0.2) is 36.4 Å². The molecule has 22 heavy (non-hydrogen) atoms. The Morgan fingerprint density at radius 3 is 2.64 bits per heavy atom. The number of halogens is 1. The van der Waals surface area contributed by atoms with Crippen LogP contribution in [0.4, 0.5) is 5.69 Å². The van der Waals surface area contributed by atoms with Gasteiger partial charge in [0.05, 0.1) is 7.11 Å². The average Bonchev–Trinajstić information content (AvgIpc) is 2.48. The van der Waals surface area contributed by atoms with Crippen LogP contribution in [0.5, 0.6) is 5.75 Å². The first-order chi connectivity index (χ1) is 10.5. The molecular formula is C17H18INO2S. The molecule has 0 unspecified atom stereocenters. The van der Waals surface area contributed by atoms with E-state index in [1.807, 2.05) is 18.2 Å². The zero-order chi connectivity index (χ0) is 16.1. The summed E-state index contributed by atoms with van der Waals surface area (Å²) in [7, 11) is 1.55. The molecule has 0 atom stereocenters. The smallest absolute Gasteiger partial charge is 0.260 e. The van der Waals surface area contributed by atoms with Gasteiger partial charge >= 0.3 is 0 Å². The minimum atomic E-state index is 0.342. The van der Waals surface area contributed by atoms with E-state index in [0.717, 1.165) is 26.1 Å². The summed E-state index contributed by atoms with van der Waals surface area (Å²) >= 11 is 7.35. The van der Waals surface area contributed by atoms with Crippen LogP contribution in [0.25, 0.3) is 0 Å². The topological polar surface area (TPSA) is 30.5 Å². The fourth-order valence-electron chi connectivity index (χ4n) is 2.08.